The molecule has 0 spiro atoms. The lowest BCUT2D eigenvalue weighted by Gasteiger charge is -2.15. The zero-order valence-corrected chi connectivity index (χ0v) is 7.30. The first-order chi connectivity index (χ1) is 5.13. The zero-order chi connectivity index (χ0) is 8.69. The van der Waals surface area contributed by atoms with Crippen LogP contribution in [-0.4, -0.2) is 19.0 Å². The van der Waals surface area contributed by atoms with E-state index in [1.807, 2.05) is 0 Å². The molecule has 3 N–H and O–H groups in total. The average molecular weight is 181 g/mol. The van der Waals surface area contributed by atoms with Gasteiger partial charge in [-0.15, -0.1) is 0 Å². The normalized spacial score (nSPS) is 19.2. The fourth-order valence-corrected chi connectivity index (χ4v) is 1.13. The van der Waals surface area contributed by atoms with E-state index in [1.54, 1.807) is 0 Å². The third-order valence-corrected chi connectivity index (χ3v) is 1.65. The summed E-state index contributed by atoms with van der Waals surface area (Å²) in [5.41, 5.74) is 5.63. The topological polar surface area (TPSA) is 80.4 Å². The highest BCUT2D eigenvalue weighted by atomic mass is 32.2. The van der Waals surface area contributed by atoms with E-state index in [2.05, 4.69) is 0 Å². The quantitative estimate of drug-likeness (QED) is 0.372. The Morgan fingerprint density at radius 1 is 1.18 bits per heavy atom. The molecule has 1 rings (SSSR count). The van der Waals surface area contributed by atoms with Crippen LogP contribution >= 0.6 is 0 Å². The second kappa shape index (κ2) is 6.57. The largest absolute Gasteiger partial charge is 0.328 e. The molecule has 0 atom stereocenters. The minimum absolute atomic E-state index is 0.536. The minimum atomic E-state index is -3.12. The van der Waals surface area contributed by atoms with E-state index in [4.69, 9.17) is 18.7 Å². The molecule has 0 bridgehead atoms. The highest BCUT2D eigenvalue weighted by Crippen LogP contribution is 2.14. The lowest BCUT2D eigenvalue weighted by Crippen LogP contribution is -2.22. The molecular formula is C6H15NO3S. The summed E-state index contributed by atoms with van der Waals surface area (Å²) in [6.45, 7) is 0. The van der Waals surface area contributed by atoms with Crippen molar-refractivity contribution in [1.29, 1.82) is 0 Å². The molecule has 4 nitrogen and oxygen atoms in total. The Morgan fingerprint density at radius 3 is 1.73 bits per heavy atom. The SMILES string of the molecule is NC1CCCCC1.O=[SH](=O)O. The van der Waals surface area contributed by atoms with E-state index in [0.29, 0.717) is 6.04 Å². The van der Waals surface area contributed by atoms with Crippen LogP contribution < -0.4 is 5.73 Å². The van der Waals surface area contributed by atoms with Gasteiger partial charge in [0, 0.05) is 6.04 Å². The summed E-state index contributed by atoms with van der Waals surface area (Å²) >= 11 is 0. The monoisotopic (exact) mass is 181 g/mol. The molecule has 0 aromatic heterocycles. The van der Waals surface area contributed by atoms with Crippen molar-refractivity contribution in [3.05, 3.63) is 0 Å². The predicted octanol–water partition coefficient (Wildman–Crippen LogP) is 0.349. The van der Waals surface area contributed by atoms with Crippen molar-refractivity contribution in [3.8, 4) is 0 Å². The van der Waals surface area contributed by atoms with Crippen LogP contribution in [0.15, 0.2) is 0 Å². The standard InChI is InChI=1S/C6H13N.H2O3S/c7-6-4-2-1-3-5-6;1-4(2)3/h6H,1-5,7H2;4H,(H,1,2,3). The van der Waals surface area contributed by atoms with Gasteiger partial charge >= 0.3 is 0 Å². The molecule has 0 radical (unpaired) electrons. The van der Waals surface area contributed by atoms with E-state index in [9.17, 15) is 0 Å². The van der Waals surface area contributed by atoms with Crippen molar-refractivity contribution >= 4 is 11.0 Å². The van der Waals surface area contributed by atoms with Crippen molar-refractivity contribution in [1.82, 2.24) is 0 Å². The van der Waals surface area contributed by atoms with Crippen LogP contribution in [0.25, 0.3) is 0 Å². The maximum atomic E-state index is 8.59. The predicted molar refractivity (Wildman–Crippen MR) is 44.0 cm³/mol. The summed E-state index contributed by atoms with van der Waals surface area (Å²) in [5.74, 6) is 0. The van der Waals surface area contributed by atoms with Crippen molar-refractivity contribution in [2.75, 3.05) is 0 Å². The Balaban J connectivity index is 0.000000218. The van der Waals surface area contributed by atoms with Crippen molar-refractivity contribution in [3.63, 3.8) is 0 Å². The molecule has 1 aliphatic rings. The first-order valence-electron chi connectivity index (χ1n) is 3.71. The van der Waals surface area contributed by atoms with Gasteiger partial charge in [-0.05, 0) is 12.8 Å². The van der Waals surface area contributed by atoms with Crippen LogP contribution in [0, 0.1) is 0 Å². The molecule has 0 unspecified atom stereocenters. The molecule has 0 heterocycles. The number of thiol groups is 1. The van der Waals surface area contributed by atoms with E-state index < -0.39 is 11.0 Å². The Kier molecular flexibility index (Phi) is 6.49. The van der Waals surface area contributed by atoms with Crippen LogP contribution in [-0.2, 0) is 11.0 Å². The van der Waals surface area contributed by atoms with Gasteiger partial charge in [-0.2, -0.15) is 0 Å². The number of hydrogen-bond acceptors (Lipinski definition) is 3. The highest BCUT2D eigenvalue weighted by Gasteiger charge is 2.06. The molecule has 1 saturated carbocycles. The lowest BCUT2D eigenvalue weighted by molar-refractivity contribution is 0.441. The summed E-state index contributed by atoms with van der Waals surface area (Å²) < 4.78 is 24.2. The van der Waals surface area contributed by atoms with Gasteiger partial charge in [0.25, 0.3) is 11.0 Å². The summed E-state index contributed by atoms with van der Waals surface area (Å²) in [4.78, 5) is 0. The van der Waals surface area contributed by atoms with Gasteiger partial charge in [-0.3, -0.25) is 4.55 Å². The maximum absolute atomic E-state index is 8.59. The van der Waals surface area contributed by atoms with Gasteiger partial charge < -0.3 is 5.73 Å². The molecule has 0 aromatic carbocycles. The second-order valence-corrected chi connectivity index (χ2v) is 3.11. The molecule has 0 aliphatic heterocycles. The molecule has 1 aliphatic carbocycles. The Labute approximate surface area is 68.6 Å². The van der Waals surface area contributed by atoms with Crippen LogP contribution in [0.4, 0.5) is 0 Å². The van der Waals surface area contributed by atoms with Gasteiger partial charge in [-0.25, -0.2) is 8.42 Å². The van der Waals surface area contributed by atoms with Gasteiger partial charge in [0.15, 0.2) is 0 Å². The Morgan fingerprint density at radius 2 is 1.55 bits per heavy atom. The van der Waals surface area contributed by atoms with Gasteiger partial charge in [0.2, 0.25) is 0 Å². The maximum Gasteiger partial charge on any atom is 0.254 e. The van der Waals surface area contributed by atoms with Crippen LogP contribution in [0.1, 0.15) is 32.1 Å². The first kappa shape index (κ1) is 10.9. The molecule has 68 valence electrons. The smallest absolute Gasteiger partial charge is 0.254 e. The zero-order valence-electron chi connectivity index (χ0n) is 6.40. The number of nitrogens with two attached hydrogens (primary N) is 1. The molecule has 0 aromatic rings. The highest BCUT2D eigenvalue weighted by molar-refractivity contribution is 7.66. The minimum Gasteiger partial charge on any atom is -0.328 e. The van der Waals surface area contributed by atoms with Gasteiger partial charge in [0.1, 0.15) is 0 Å². The fourth-order valence-electron chi connectivity index (χ4n) is 1.13. The van der Waals surface area contributed by atoms with Crippen molar-refractivity contribution in [2.24, 2.45) is 5.73 Å². The molecular weight excluding hydrogens is 166 g/mol. The Bertz CT molecular complexity index is 144. The number of hydrogen-bond donors (Lipinski definition) is 3. The summed E-state index contributed by atoms with van der Waals surface area (Å²) in [6, 6.07) is 0.536. The molecule has 11 heavy (non-hydrogen) atoms. The summed E-state index contributed by atoms with van der Waals surface area (Å²) in [6.07, 6.45) is 6.66. The Hall–Kier alpha value is -0.130. The molecule has 1 fully saturated rings. The van der Waals surface area contributed by atoms with E-state index >= 15 is 0 Å². The number of rotatable bonds is 0. The third kappa shape index (κ3) is 9.87. The molecule has 0 amide bonds. The first-order valence-corrected chi connectivity index (χ1v) is 4.85. The van der Waals surface area contributed by atoms with Crippen LogP contribution in [0.2, 0.25) is 0 Å². The summed E-state index contributed by atoms with van der Waals surface area (Å²) in [5, 5.41) is 0. The van der Waals surface area contributed by atoms with Crippen LogP contribution in [0.5, 0.6) is 0 Å². The third-order valence-electron chi connectivity index (χ3n) is 1.65. The van der Waals surface area contributed by atoms with E-state index in [1.165, 1.54) is 32.1 Å². The van der Waals surface area contributed by atoms with Gasteiger partial charge in [-0.1, -0.05) is 19.3 Å². The lowest BCUT2D eigenvalue weighted by atomic mass is 9.97. The van der Waals surface area contributed by atoms with Gasteiger partial charge in [0.05, 0.1) is 0 Å². The van der Waals surface area contributed by atoms with E-state index in [0.717, 1.165) is 0 Å². The van der Waals surface area contributed by atoms with Crippen LogP contribution in [0.3, 0.4) is 0 Å². The second-order valence-electron chi connectivity index (χ2n) is 2.64. The fraction of sp³-hybridized carbons (Fsp3) is 1.00. The van der Waals surface area contributed by atoms with Crippen molar-refractivity contribution in [2.45, 2.75) is 38.1 Å². The molecule has 0 saturated heterocycles. The van der Waals surface area contributed by atoms with Crippen molar-refractivity contribution < 1.29 is 13.0 Å². The molecule has 5 heteroatoms. The average Bonchev–Trinajstić information content (AvgIpc) is 1.87. The summed E-state index contributed by atoms with van der Waals surface area (Å²) in [7, 11) is -3.12. The van der Waals surface area contributed by atoms with E-state index in [-0.39, 0.29) is 0 Å².